The molecule has 8 heteroatoms. The molecule has 1 aliphatic carbocycles. The molecule has 148 valence electrons. The lowest BCUT2D eigenvalue weighted by Gasteiger charge is -2.42. The second-order valence-corrected chi connectivity index (χ2v) is 10.8. The maximum Gasteiger partial charge on any atom is 0.330 e. The van der Waals surface area contributed by atoms with Gasteiger partial charge in [0, 0.05) is 17.9 Å². The van der Waals surface area contributed by atoms with Crippen molar-refractivity contribution < 1.29 is 22.7 Å². The number of ketones is 1. The van der Waals surface area contributed by atoms with Gasteiger partial charge in [0.05, 0.1) is 12.0 Å². The summed E-state index contributed by atoms with van der Waals surface area (Å²) in [6.45, 7) is 0. The highest BCUT2D eigenvalue weighted by Crippen LogP contribution is 2.52. The molecule has 2 atom stereocenters. The number of Topliss-reactive ketones (excluding diaryl/α,β-unsaturated/α-hetero) is 1. The van der Waals surface area contributed by atoms with Crippen LogP contribution in [0, 0.1) is 0 Å². The van der Waals surface area contributed by atoms with Crippen LogP contribution < -0.4 is 0 Å². The van der Waals surface area contributed by atoms with Crippen LogP contribution in [0.5, 0.6) is 0 Å². The summed E-state index contributed by atoms with van der Waals surface area (Å²) in [6, 6.07) is 14.5. The van der Waals surface area contributed by atoms with E-state index in [1.807, 2.05) is 0 Å². The standard InChI is InChI=1S/C20H18BrClO5S/c1-27-18(24)20(21)13-19(12-11-17(20)23,14-7-9-15(22)10-8-14)28(25,26)16-5-3-2-4-6-16/h2-10H,11-13H2,1H3. The summed E-state index contributed by atoms with van der Waals surface area (Å²) in [4.78, 5) is 25.1. The fourth-order valence-corrected chi connectivity index (χ4v) is 6.99. The molecule has 0 amide bonds. The molecule has 0 aromatic heterocycles. The van der Waals surface area contributed by atoms with Gasteiger partial charge in [-0.05, 0) is 36.2 Å². The molecule has 1 aliphatic rings. The van der Waals surface area contributed by atoms with Crippen molar-refractivity contribution in [3.8, 4) is 0 Å². The van der Waals surface area contributed by atoms with Crippen molar-refractivity contribution in [2.24, 2.45) is 0 Å². The molecule has 2 aromatic rings. The van der Waals surface area contributed by atoms with Crippen molar-refractivity contribution in [2.45, 2.75) is 33.2 Å². The van der Waals surface area contributed by atoms with Crippen LogP contribution in [0.15, 0.2) is 59.5 Å². The Bertz CT molecular complexity index is 997. The van der Waals surface area contributed by atoms with Gasteiger partial charge in [0.2, 0.25) is 0 Å². The molecule has 0 bridgehead atoms. The number of methoxy groups -OCH3 is 1. The Morgan fingerprint density at radius 1 is 1.11 bits per heavy atom. The first-order valence-corrected chi connectivity index (χ1v) is 11.2. The largest absolute Gasteiger partial charge is 0.468 e. The average molecular weight is 486 g/mol. The summed E-state index contributed by atoms with van der Waals surface area (Å²) >= 11 is 9.22. The lowest BCUT2D eigenvalue weighted by molar-refractivity contribution is -0.148. The molecule has 0 heterocycles. The van der Waals surface area contributed by atoms with E-state index < -0.39 is 30.7 Å². The number of carbonyl (C=O) groups excluding carboxylic acids is 2. The lowest BCUT2D eigenvalue weighted by atomic mass is 9.76. The van der Waals surface area contributed by atoms with Crippen LogP contribution in [0.4, 0.5) is 0 Å². The minimum Gasteiger partial charge on any atom is -0.468 e. The van der Waals surface area contributed by atoms with Crippen LogP contribution in [0.3, 0.4) is 0 Å². The van der Waals surface area contributed by atoms with Crippen LogP contribution in [-0.2, 0) is 28.9 Å². The summed E-state index contributed by atoms with van der Waals surface area (Å²) < 4.78 is 29.1. The van der Waals surface area contributed by atoms with Crippen molar-refractivity contribution in [1.29, 1.82) is 0 Å². The topological polar surface area (TPSA) is 77.5 Å². The number of benzene rings is 2. The lowest BCUT2D eigenvalue weighted by Crippen LogP contribution is -2.54. The molecule has 0 aliphatic heterocycles. The molecule has 0 saturated heterocycles. The zero-order valence-electron chi connectivity index (χ0n) is 15.0. The molecule has 3 rings (SSSR count). The van der Waals surface area contributed by atoms with E-state index in [1.165, 1.54) is 19.2 Å². The number of ether oxygens (including phenoxy) is 1. The maximum atomic E-state index is 13.8. The Kier molecular flexibility index (Phi) is 5.71. The number of sulfone groups is 1. The molecular formula is C20H18BrClO5S. The molecule has 2 aromatic carbocycles. The summed E-state index contributed by atoms with van der Waals surface area (Å²) in [7, 11) is -2.79. The summed E-state index contributed by atoms with van der Waals surface area (Å²) in [5, 5.41) is 0.459. The quantitative estimate of drug-likeness (QED) is 0.371. The number of rotatable bonds is 4. The number of esters is 1. The van der Waals surface area contributed by atoms with E-state index >= 15 is 0 Å². The molecule has 5 nitrogen and oxygen atoms in total. The summed E-state index contributed by atoms with van der Waals surface area (Å²) in [5.74, 6) is -1.20. The molecule has 28 heavy (non-hydrogen) atoms. The van der Waals surface area contributed by atoms with Gasteiger partial charge in [-0.15, -0.1) is 0 Å². The second kappa shape index (κ2) is 7.61. The molecular weight excluding hydrogens is 468 g/mol. The van der Waals surface area contributed by atoms with Crippen LogP contribution in [0.2, 0.25) is 5.02 Å². The van der Waals surface area contributed by atoms with E-state index in [2.05, 4.69) is 15.9 Å². The number of halogens is 2. The third-order valence-electron chi connectivity index (χ3n) is 5.17. The Morgan fingerprint density at radius 3 is 2.29 bits per heavy atom. The molecule has 1 fully saturated rings. The molecule has 0 radical (unpaired) electrons. The van der Waals surface area contributed by atoms with Gasteiger partial charge in [-0.1, -0.05) is 57.9 Å². The Labute approximate surface area is 177 Å². The predicted molar refractivity (Wildman–Crippen MR) is 109 cm³/mol. The van der Waals surface area contributed by atoms with Crippen molar-refractivity contribution >= 4 is 49.1 Å². The fourth-order valence-electron chi connectivity index (χ4n) is 3.65. The highest BCUT2D eigenvalue weighted by molar-refractivity contribution is 9.10. The Balaban J connectivity index is 2.26. The SMILES string of the molecule is COC(=O)C1(Br)CC(c2ccc(Cl)cc2)(S(=O)(=O)c2ccccc2)CCC1=O. The van der Waals surface area contributed by atoms with Gasteiger partial charge < -0.3 is 4.74 Å². The summed E-state index contributed by atoms with van der Waals surface area (Å²) in [6.07, 6.45) is -0.311. The number of hydrogen-bond donors (Lipinski definition) is 0. The second-order valence-electron chi connectivity index (χ2n) is 6.71. The van der Waals surface area contributed by atoms with E-state index in [1.54, 1.807) is 42.5 Å². The van der Waals surface area contributed by atoms with Crippen molar-refractivity contribution in [3.05, 3.63) is 65.2 Å². The molecule has 1 saturated carbocycles. The third-order valence-corrected chi connectivity index (χ3v) is 8.98. The van der Waals surface area contributed by atoms with Crippen molar-refractivity contribution in [3.63, 3.8) is 0 Å². The zero-order valence-corrected chi connectivity index (χ0v) is 18.2. The third kappa shape index (κ3) is 3.29. The zero-order chi connectivity index (χ0) is 20.6. The minimum absolute atomic E-state index is 0.0506. The molecule has 0 spiro atoms. The van der Waals surface area contributed by atoms with Crippen LogP contribution in [0.25, 0.3) is 0 Å². The monoisotopic (exact) mass is 484 g/mol. The highest BCUT2D eigenvalue weighted by atomic mass is 79.9. The first-order valence-electron chi connectivity index (χ1n) is 8.54. The van der Waals surface area contributed by atoms with Crippen LogP contribution in [-0.4, -0.2) is 31.6 Å². The van der Waals surface area contributed by atoms with Gasteiger partial charge in [-0.3, -0.25) is 9.59 Å². The van der Waals surface area contributed by atoms with Crippen LogP contribution >= 0.6 is 27.5 Å². The fraction of sp³-hybridized carbons (Fsp3) is 0.300. The van der Waals surface area contributed by atoms with Gasteiger partial charge >= 0.3 is 5.97 Å². The molecule has 0 N–H and O–H groups in total. The van der Waals surface area contributed by atoms with Gasteiger partial charge in [-0.2, -0.15) is 0 Å². The van der Waals surface area contributed by atoms with E-state index in [0.717, 1.165) is 0 Å². The van der Waals surface area contributed by atoms with Gasteiger partial charge in [0.25, 0.3) is 0 Å². The van der Waals surface area contributed by atoms with E-state index in [0.29, 0.717) is 10.6 Å². The first-order chi connectivity index (χ1) is 13.2. The van der Waals surface area contributed by atoms with E-state index in [-0.39, 0.29) is 24.2 Å². The van der Waals surface area contributed by atoms with E-state index in [4.69, 9.17) is 16.3 Å². The number of hydrogen-bond acceptors (Lipinski definition) is 5. The van der Waals surface area contributed by atoms with Crippen molar-refractivity contribution in [2.75, 3.05) is 7.11 Å². The summed E-state index contributed by atoms with van der Waals surface area (Å²) in [5.41, 5.74) is 0.473. The first kappa shape index (κ1) is 21.0. The molecule has 2 unspecified atom stereocenters. The maximum absolute atomic E-state index is 13.8. The normalized spacial score (nSPS) is 25.3. The number of alkyl halides is 1. The minimum atomic E-state index is -3.96. The smallest absolute Gasteiger partial charge is 0.330 e. The Morgan fingerprint density at radius 2 is 1.71 bits per heavy atom. The Hall–Kier alpha value is -1.70. The van der Waals surface area contributed by atoms with Crippen molar-refractivity contribution in [1.82, 2.24) is 0 Å². The van der Waals surface area contributed by atoms with Gasteiger partial charge in [0.15, 0.2) is 19.9 Å². The van der Waals surface area contributed by atoms with Crippen LogP contribution in [0.1, 0.15) is 24.8 Å². The van der Waals surface area contributed by atoms with E-state index in [9.17, 15) is 18.0 Å². The van der Waals surface area contributed by atoms with Gasteiger partial charge in [0.1, 0.15) is 4.75 Å². The average Bonchev–Trinajstić information content (AvgIpc) is 2.70. The highest BCUT2D eigenvalue weighted by Gasteiger charge is 2.60. The predicted octanol–water partition coefficient (Wildman–Crippen LogP) is 4.07. The number of carbonyl (C=O) groups is 2. The van der Waals surface area contributed by atoms with Gasteiger partial charge in [-0.25, -0.2) is 8.42 Å².